The Bertz CT molecular complexity index is 650. The first-order valence-corrected chi connectivity index (χ1v) is 8.78. The minimum atomic E-state index is 0.423. The Balaban J connectivity index is 1.56. The number of aryl methyl sites for hydroxylation is 1. The van der Waals surface area contributed by atoms with Gasteiger partial charge < -0.3 is 10.6 Å². The van der Waals surface area contributed by atoms with Crippen LogP contribution in [0.1, 0.15) is 43.0 Å². The van der Waals surface area contributed by atoms with Gasteiger partial charge in [-0.15, -0.1) is 0 Å². The van der Waals surface area contributed by atoms with E-state index in [0.717, 1.165) is 30.9 Å². The average Bonchev–Trinajstić information content (AvgIpc) is 2.63. The van der Waals surface area contributed by atoms with Crippen molar-refractivity contribution in [1.29, 1.82) is 0 Å². The summed E-state index contributed by atoms with van der Waals surface area (Å²) in [6, 6.07) is 11.3. The lowest BCUT2D eigenvalue weighted by Gasteiger charge is -2.32. The number of aromatic nitrogens is 2. The summed E-state index contributed by atoms with van der Waals surface area (Å²) in [6.45, 7) is 2.25. The van der Waals surface area contributed by atoms with E-state index in [1.165, 1.54) is 36.9 Å². The topological polar surface area (TPSA) is 49.8 Å². The maximum absolute atomic E-state index is 4.86. The standard InChI is InChI=1S/C19H24N4/c1-2-5-14(6-3-1)19-21-13-16-17(7-4-8-18(16)23-19)22-15-9-11-20-12-10-15/h1-3,5-6,13,15,17,20,22H,4,7-12H2/t17-/m1/s1. The number of hydrogen-bond donors (Lipinski definition) is 2. The molecule has 1 atom stereocenters. The van der Waals surface area contributed by atoms with Gasteiger partial charge in [0.2, 0.25) is 0 Å². The molecule has 0 saturated carbocycles. The van der Waals surface area contributed by atoms with Gasteiger partial charge in [0.15, 0.2) is 5.82 Å². The van der Waals surface area contributed by atoms with Crippen LogP contribution < -0.4 is 10.6 Å². The van der Waals surface area contributed by atoms with E-state index in [1.54, 1.807) is 0 Å². The van der Waals surface area contributed by atoms with Gasteiger partial charge in [-0.1, -0.05) is 30.3 Å². The molecule has 2 aliphatic rings. The lowest BCUT2D eigenvalue weighted by molar-refractivity contribution is 0.329. The first-order valence-electron chi connectivity index (χ1n) is 8.78. The van der Waals surface area contributed by atoms with Gasteiger partial charge in [0.25, 0.3) is 0 Å². The SMILES string of the molecule is c1ccc(-c2ncc3c(n2)CCC[C@H]3NC2CCNCC2)cc1. The van der Waals surface area contributed by atoms with Crippen molar-refractivity contribution in [3.63, 3.8) is 0 Å². The van der Waals surface area contributed by atoms with Crippen LogP contribution >= 0.6 is 0 Å². The minimum Gasteiger partial charge on any atom is -0.317 e. The summed E-state index contributed by atoms with van der Waals surface area (Å²) in [4.78, 5) is 9.51. The second-order valence-corrected chi connectivity index (χ2v) is 6.60. The molecule has 2 heterocycles. The minimum absolute atomic E-state index is 0.423. The van der Waals surface area contributed by atoms with Crippen molar-refractivity contribution in [3.8, 4) is 11.4 Å². The molecule has 4 heteroatoms. The molecule has 0 radical (unpaired) electrons. The summed E-state index contributed by atoms with van der Waals surface area (Å²) in [5.41, 5.74) is 3.65. The molecule has 120 valence electrons. The van der Waals surface area contributed by atoms with Crippen LogP contribution in [0.2, 0.25) is 0 Å². The van der Waals surface area contributed by atoms with E-state index in [0.29, 0.717) is 12.1 Å². The predicted molar refractivity (Wildman–Crippen MR) is 92.2 cm³/mol. The zero-order chi connectivity index (χ0) is 15.5. The van der Waals surface area contributed by atoms with E-state index in [2.05, 4.69) is 33.9 Å². The van der Waals surface area contributed by atoms with Gasteiger partial charge in [-0.25, -0.2) is 9.97 Å². The predicted octanol–water partition coefficient (Wildman–Crippen LogP) is 2.86. The van der Waals surface area contributed by atoms with E-state index in [1.807, 2.05) is 18.2 Å². The third-order valence-electron chi connectivity index (χ3n) is 4.99. The molecule has 0 spiro atoms. The van der Waals surface area contributed by atoms with Crippen LogP contribution in [0, 0.1) is 0 Å². The molecule has 1 aliphatic heterocycles. The Morgan fingerprint density at radius 3 is 2.70 bits per heavy atom. The highest BCUT2D eigenvalue weighted by Gasteiger charge is 2.25. The fourth-order valence-corrected chi connectivity index (χ4v) is 3.72. The van der Waals surface area contributed by atoms with Gasteiger partial charge in [-0.3, -0.25) is 0 Å². The Labute approximate surface area is 137 Å². The number of nitrogens with one attached hydrogen (secondary N) is 2. The second kappa shape index (κ2) is 6.77. The van der Waals surface area contributed by atoms with Gasteiger partial charge in [-0.2, -0.15) is 0 Å². The molecule has 0 bridgehead atoms. The van der Waals surface area contributed by atoms with Crippen molar-refractivity contribution in [2.75, 3.05) is 13.1 Å². The smallest absolute Gasteiger partial charge is 0.159 e. The van der Waals surface area contributed by atoms with Crippen LogP contribution in [0.3, 0.4) is 0 Å². The van der Waals surface area contributed by atoms with Crippen molar-refractivity contribution in [2.24, 2.45) is 0 Å². The fraction of sp³-hybridized carbons (Fsp3) is 0.474. The molecule has 0 unspecified atom stereocenters. The highest BCUT2D eigenvalue weighted by atomic mass is 15.0. The van der Waals surface area contributed by atoms with Crippen LogP contribution in [0.25, 0.3) is 11.4 Å². The summed E-state index contributed by atoms with van der Waals surface area (Å²) < 4.78 is 0. The Kier molecular flexibility index (Phi) is 4.35. The normalized spacial score (nSPS) is 21.8. The number of hydrogen-bond acceptors (Lipinski definition) is 4. The molecule has 4 rings (SSSR count). The Morgan fingerprint density at radius 2 is 1.87 bits per heavy atom. The summed E-state index contributed by atoms with van der Waals surface area (Å²) in [6.07, 6.45) is 7.97. The van der Waals surface area contributed by atoms with Gasteiger partial charge >= 0.3 is 0 Å². The number of nitrogens with zero attached hydrogens (tertiary/aromatic N) is 2. The molecule has 0 amide bonds. The molecule has 1 aromatic heterocycles. The summed E-state index contributed by atoms with van der Waals surface area (Å²) in [7, 11) is 0. The van der Waals surface area contributed by atoms with Crippen molar-refractivity contribution < 1.29 is 0 Å². The number of benzene rings is 1. The molecule has 1 aliphatic carbocycles. The van der Waals surface area contributed by atoms with Crippen LogP contribution in [-0.4, -0.2) is 29.1 Å². The highest BCUT2D eigenvalue weighted by molar-refractivity contribution is 5.55. The lowest BCUT2D eigenvalue weighted by Crippen LogP contribution is -2.42. The fourth-order valence-electron chi connectivity index (χ4n) is 3.72. The average molecular weight is 308 g/mol. The maximum Gasteiger partial charge on any atom is 0.159 e. The Morgan fingerprint density at radius 1 is 1.04 bits per heavy atom. The van der Waals surface area contributed by atoms with Crippen LogP contribution in [0.15, 0.2) is 36.5 Å². The number of fused-ring (bicyclic) bond motifs is 1. The van der Waals surface area contributed by atoms with Gasteiger partial charge in [0.1, 0.15) is 0 Å². The summed E-state index contributed by atoms with van der Waals surface area (Å²) >= 11 is 0. The monoisotopic (exact) mass is 308 g/mol. The highest BCUT2D eigenvalue weighted by Crippen LogP contribution is 2.30. The third-order valence-corrected chi connectivity index (χ3v) is 4.99. The van der Waals surface area contributed by atoms with Crippen molar-refractivity contribution >= 4 is 0 Å². The molecule has 1 aromatic carbocycles. The third kappa shape index (κ3) is 3.28. The molecule has 1 fully saturated rings. The van der Waals surface area contributed by atoms with E-state index in [-0.39, 0.29) is 0 Å². The largest absolute Gasteiger partial charge is 0.317 e. The van der Waals surface area contributed by atoms with Crippen LogP contribution in [0.4, 0.5) is 0 Å². The van der Waals surface area contributed by atoms with Crippen LogP contribution in [0.5, 0.6) is 0 Å². The lowest BCUT2D eigenvalue weighted by atomic mass is 9.90. The number of rotatable bonds is 3. The number of piperidine rings is 1. The van der Waals surface area contributed by atoms with Gasteiger partial charge in [-0.05, 0) is 45.2 Å². The van der Waals surface area contributed by atoms with E-state index >= 15 is 0 Å². The van der Waals surface area contributed by atoms with Gasteiger partial charge in [0.05, 0.1) is 0 Å². The summed E-state index contributed by atoms with van der Waals surface area (Å²) in [5, 5.41) is 7.29. The molecule has 2 aromatic rings. The molecule has 2 N–H and O–H groups in total. The van der Waals surface area contributed by atoms with E-state index in [4.69, 9.17) is 4.98 Å². The first kappa shape index (κ1) is 14.8. The van der Waals surface area contributed by atoms with Crippen molar-refractivity contribution in [1.82, 2.24) is 20.6 Å². The molecule has 1 saturated heterocycles. The van der Waals surface area contributed by atoms with Crippen LogP contribution in [-0.2, 0) is 6.42 Å². The van der Waals surface area contributed by atoms with Gasteiger partial charge in [0, 0.05) is 35.1 Å². The zero-order valence-electron chi connectivity index (χ0n) is 13.5. The molecule has 4 nitrogen and oxygen atoms in total. The molecular formula is C19H24N4. The maximum atomic E-state index is 4.86. The van der Waals surface area contributed by atoms with E-state index in [9.17, 15) is 0 Å². The molecule has 23 heavy (non-hydrogen) atoms. The molecular weight excluding hydrogens is 284 g/mol. The summed E-state index contributed by atoms with van der Waals surface area (Å²) in [5.74, 6) is 0.854. The van der Waals surface area contributed by atoms with Crippen molar-refractivity contribution in [3.05, 3.63) is 47.8 Å². The second-order valence-electron chi connectivity index (χ2n) is 6.60. The first-order chi connectivity index (χ1) is 11.4. The quantitative estimate of drug-likeness (QED) is 0.915. The van der Waals surface area contributed by atoms with E-state index < -0.39 is 0 Å². The van der Waals surface area contributed by atoms with Crippen molar-refractivity contribution in [2.45, 2.75) is 44.2 Å². The zero-order valence-corrected chi connectivity index (χ0v) is 13.5. The Hall–Kier alpha value is -1.78.